The number of nitrogen functional groups attached to an aromatic ring is 2. The first-order valence-corrected chi connectivity index (χ1v) is 14.3. The molecular formula is C36H36N4O4. The molecule has 2 heterocycles. The van der Waals surface area contributed by atoms with E-state index >= 15 is 0 Å². The van der Waals surface area contributed by atoms with E-state index in [0.29, 0.717) is 12.2 Å². The lowest BCUT2D eigenvalue weighted by atomic mass is 9.90. The normalized spacial score (nSPS) is 13.1. The van der Waals surface area contributed by atoms with Crippen LogP contribution < -0.4 is 11.5 Å². The molecule has 8 nitrogen and oxygen atoms in total. The molecule has 2 aromatic heterocycles. The molecule has 0 radical (unpaired) electrons. The summed E-state index contributed by atoms with van der Waals surface area (Å²) in [5.41, 5.74) is 25.6. The first-order valence-electron chi connectivity index (χ1n) is 14.3. The number of aliphatic carboxylic acids is 2. The van der Waals surface area contributed by atoms with Crippen molar-refractivity contribution >= 4 is 46.6 Å². The number of benzene rings is 2. The molecule has 0 saturated heterocycles. The molecule has 0 atom stereocenters. The molecule has 2 aromatic carbocycles. The second-order valence-corrected chi connectivity index (χ2v) is 10.6. The van der Waals surface area contributed by atoms with Gasteiger partial charge in [-0.15, -0.1) is 0 Å². The lowest BCUT2D eigenvalue weighted by Gasteiger charge is -2.16. The second-order valence-electron chi connectivity index (χ2n) is 10.6. The molecule has 0 unspecified atom stereocenters. The third-order valence-corrected chi connectivity index (χ3v) is 7.41. The molecule has 0 aliphatic heterocycles. The summed E-state index contributed by atoms with van der Waals surface area (Å²) in [6, 6.07) is 21.0. The number of aromatic nitrogens is 2. The van der Waals surface area contributed by atoms with Crippen molar-refractivity contribution in [3.8, 4) is 0 Å². The number of rotatable bonds is 4. The molecule has 8 heteroatoms. The average molecular weight is 589 g/mol. The summed E-state index contributed by atoms with van der Waals surface area (Å²) in [4.78, 5) is 28.1. The van der Waals surface area contributed by atoms with Gasteiger partial charge in [0.1, 0.15) is 0 Å². The Morgan fingerprint density at radius 1 is 0.659 bits per heavy atom. The molecule has 6 rings (SSSR count). The van der Waals surface area contributed by atoms with Gasteiger partial charge < -0.3 is 21.7 Å². The number of carboxylic acid groups (broad SMARTS) is 2. The number of fused-ring (bicyclic) bond motifs is 2. The quantitative estimate of drug-likeness (QED) is 0.194. The summed E-state index contributed by atoms with van der Waals surface area (Å²) in [5.74, 6) is -2.51. The first-order chi connectivity index (χ1) is 21.1. The van der Waals surface area contributed by atoms with Gasteiger partial charge >= 0.3 is 11.9 Å². The first kappa shape index (κ1) is 31.4. The van der Waals surface area contributed by atoms with Gasteiger partial charge in [-0.05, 0) is 108 Å². The van der Waals surface area contributed by atoms with Crippen LogP contribution in [0.3, 0.4) is 0 Å². The van der Waals surface area contributed by atoms with Gasteiger partial charge in [0.15, 0.2) is 0 Å². The third-order valence-electron chi connectivity index (χ3n) is 7.41. The fourth-order valence-electron chi connectivity index (χ4n) is 4.84. The standard InChI is InChI=1S/2C16H16N2.C4H4O4/c2*1-11-10-18-16(9-15(11)17)14-7-6-12-4-2-3-5-13(12)8-14;5-3(6)1-2-4(7)8/h2*2-5,8-10H,6-7H2,1H3,(H2,17,18);1-2H,(H,5,6)(H,7,8)/b;;2-1+. The number of carbonyl (C=O) groups is 2. The summed E-state index contributed by atoms with van der Waals surface area (Å²) in [6.07, 6.45) is 13.5. The molecular weight excluding hydrogens is 552 g/mol. The number of nitrogens with two attached hydrogens (primary N) is 2. The molecule has 4 aromatic rings. The topological polar surface area (TPSA) is 152 Å². The molecule has 0 fully saturated rings. The third kappa shape index (κ3) is 8.51. The van der Waals surface area contributed by atoms with Crippen LogP contribution in [0.2, 0.25) is 0 Å². The molecule has 0 spiro atoms. The van der Waals surface area contributed by atoms with Crippen LogP contribution in [0.1, 0.15) is 57.6 Å². The molecule has 2 aliphatic carbocycles. The van der Waals surface area contributed by atoms with E-state index in [1.165, 1.54) is 33.4 Å². The molecule has 6 N–H and O–H groups in total. The number of hydrogen-bond donors (Lipinski definition) is 4. The highest BCUT2D eigenvalue weighted by atomic mass is 16.4. The van der Waals surface area contributed by atoms with Crippen molar-refractivity contribution in [1.82, 2.24) is 9.97 Å². The minimum Gasteiger partial charge on any atom is -0.478 e. The van der Waals surface area contributed by atoms with E-state index < -0.39 is 11.9 Å². The number of carboxylic acids is 2. The maximum atomic E-state index is 9.55. The maximum absolute atomic E-state index is 9.55. The molecule has 224 valence electrons. The fraction of sp³-hybridized carbons (Fsp3) is 0.167. The fourth-order valence-corrected chi connectivity index (χ4v) is 4.84. The van der Waals surface area contributed by atoms with E-state index in [2.05, 4.69) is 70.7 Å². The minimum absolute atomic E-state index is 0.558. The van der Waals surface area contributed by atoms with Crippen molar-refractivity contribution in [3.05, 3.63) is 130 Å². The van der Waals surface area contributed by atoms with Gasteiger partial charge in [0.05, 0.1) is 11.4 Å². The summed E-state index contributed by atoms with van der Waals surface area (Å²) >= 11 is 0. The van der Waals surface area contributed by atoms with E-state index in [9.17, 15) is 9.59 Å². The zero-order valence-corrected chi connectivity index (χ0v) is 24.8. The zero-order chi connectivity index (χ0) is 31.6. The van der Waals surface area contributed by atoms with E-state index in [0.717, 1.165) is 59.6 Å². The highest BCUT2D eigenvalue weighted by Crippen LogP contribution is 2.31. The van der Waals surface area contributed by atoms with Crippen LogP contribution in [0, 0.1) is 13.8 Å². The largest absolute Gasteiger partial charge is 0.478 e. The summed E-state index contributed by atoms with van der Waals surface area (Å²) in [5, 5.41) is 15.6. The van der Waals surface area contributed by atoms with Crippen molar-refractivity contribution in [2.45, 2.75) is 39.5 Å². The van der Waals surface area contributed by atoms with Crippen LogP contribution >= 0.6 is 0 Å². The summed E-state index contributed by atoms with van der Waals surface area (Å²) in [6.45, 7) is 3.97. The lowest BCUT2D eigenvalue weighted by Crippen LogP contribution is -2.01. The van der Waals surface area contributed by atoms with Crippen LogP contribution in [0.4, 0.5) is 11.4 Å². The number of nitrogens with zero attached hydrogens (tertiary/aromatic N) is 2. The minimum atomic E-state index is -1.26. The highest BCUT2D eigenvalue weighted by Gasteiger charge is 2.14. The van der Waals surface area contributed by atoms with Gasteiger partial charge in [-0.3, -0.25) is 9.97 Å². The van der Waals surface area contributed by atoms with Crippen molar-refractivity contribution in [3.63, 3.8) is 0 Å². The molecule has 0 saturated carbocycles. The average Bonchev–Trinajstić information content (AvgIpc) is 3.03. The predicted octanol–water partition coefficient (Wildman–Crippen LogP) is 6.63. The van der Waals surface area contributed by atoms with Crippen LogP contribution in [-0.4, -0.2) is 32.1 Å². The Morgan fingerprint density at radius 2 is 1.05 bits per heavy atom. The van der Waals surface area contributed by atoms with Gasteiger partial charge in [-0.25, -0.2) is 9.59 Å². The monoisotopic (exact) mass is 588 g/mol. The Hall–Kier alpha value is -5.50. The Balaban J connectivity index is 0.000000163. The maximum Gasteiger partial charge on any atom is 0.328 e. The van der Waals surface area contributed by atoms with Gasteiger partial charge in [-0.2, -0.15) is 0 Å². The number of allylic oxidation sites excluding steroid dienone is 2. The zero-order valence-electron chi connectivity index (χ0n) is 24.8. The Labute approximate surface area is 257 Å². The van der Waals surface area contributed by atoms with Gasteiger partial charge in [0, 0.05) is 35.9 Å². The number of pyridine rings is 2. The van der Waals surface area contributed by atoms with Crippen LogP contribution in [0.5, 0.6) is 0 Å². The molecule has 0 bridgehead atoms. The molecule has 2 aliphatic rings. The molecule has 0 amide bonds. The number of aryl methyl sites for hydroxylation is 4. The second kappa shape index (κ2) is 14.6. The molecule has 44 heavy (non-hydrogen) atoms. The van der Waals surface area contributed by atoms with Crippen LogP contribution in [0.25, 0.3) is 23.3 Å². The highest BCUT2D eigenvalue weighted by molar-refractivity contribution is 5.89. The summed E-state index contributed by atoms with van der Waals surface area (Å²) in [7, 11) is 0. The van der Waals surface area contributed by atoms with Gasteiger partial charge in [0.25, 0.3) is 0 Å². The SMILES string of the molecule is Cc1cnc(C2=Cc3ccccc3CC2)cc1N.Cc1cnc(C2=Cc3ccccc3CC2)cc1N.O=C(O)/C=C/C(=O)O. The van der Waals surface area contributed by atoms with Gasteiger partial charge in [-0.1, -0.05) is 48.5 Å². The van der Waals surface area contributed by atoms with Crippen molar-refractivity contribution in [2.75, 3.05) is 11.5 Å². The smallest absolute Gasteiger partial charge is 0.328 e. The Kier molecular flexibility index (Phi) is 10.4. The number of hydrogen-bond acceptors (Lipinski definition) is 6. The van der Waals surface area contributed by atoms with Crippen LogP contribution in [-0.2, 0) is 22.4 Å². The van der Waals surface area contributed by atoms with Crippen molar-refractivity contribution in [1.29, 1.82) is 0 Å². The van der Waals surface area contributed by atoms with E-state index in [1.807, 2.05) is 38.4 Å². The predicted molar refractivity (Wildman–Crippen MR) is 176 cm³/mol. The Morgan fingerprint density at radius 3 is 1.41 bits per heavy atom. The van der Waals surface area contributed by atoms with E-state index in [4.69, 9.17) is 21.7 Å². The summed E-state index contributed by atoms with van der Waals surface area (Å²) < 4.78 is 0. The van der Waals surface area contributed by atoms with E-state index in [1.54, 1.807) is 0 Å². The van der Waals surface area contributed by atoms with Crippen molar-refractivity contribution in [2.24, 2.45) is 0 Å². The lowest BCUT2D eigenvalue weighted by molar-refractivity contribution is -0.134. The van der Waals surface area contributed by atoms with Crippen molar-refractivity contribution < 1.29 is 19.8 Å². The number of anilines is 2. The Bertz CT molecular complexity index is 1640. The van der Waals surface area contributed by atoms with Gasteiger partial charge in [0.2, 0.25) is 0 Å². The van der Waals surface area contributed by atoms with E-state index in [-0.39, 0.29) is 0 Å². The van der Waals surface area contributed by atoms with Crippen LogP contribution in [0.15, 0.2) is 85.2 Å².